The minimum absolute atomic E-state index is 0.0983. The van der Waals surface area contributed by atoms with Crippen LogP contribution in [0.5, 0.6) is 0 Å². The molecule has 0 radical (unpaired) electrons. The molecule has 1 unspecified atom stereocenters. The van der Waals surface area contributed by atoms with Gasteiger partial charge in [-0.3, -0.25) is 14.5 Å². The molecule has 0 spiro atoms. The SMILES string of the molecule is CC[C@H]1OC(=O)[C@H](C)C[C@H](C)[C@@H](O[C@@H]2O[C@H](C)C[C@H](N(C)C)[C@H]2OC(C)=O)[C@@]2(C)C[C@@H](C)N(CO2)C[C@H](C)[C@H]2OC(=O)O[C@@]21C. The van der Waals surface area contributed by atoms with E-state index in [0.717, 1.165) is 0 Å². The van der Waals surface area contributed by atoms with Crippen molar-refractivity contribution in [2.75, 3.05) is 27.4 Å². The number of hydrogen-bond donors (Lipinski definition) is 0. The highest BCUT2D eigenvalue weighted by Gasteiger charge is 2.57. The molecule has 5 heterocycles. The van der Waals surface area contributed by atoms with E-state index < -0.39 is 60.0 Å². The zero-order valence-electron chi connectivity index (χ0n) is 29.1. The molecule has 0 aromatic rings. The second kappa shape index (κ2) is 14.0. The summed E-state index contributed by atoms with van der Waals surface area (Å²) in [7, 11) is 3.92. The normalized spacial score (nSPS) is 46.3. The van der Waals surface area contributed by atoms with Gasteiger partial charge in [-0.2, -0.15) is 0 Å². The Kier molecular flexibility index (Phi) is 11.2. The molecule has 5 aliphatic heterocycles. The minimum atomic E-state index is -1.13. The van der Waals surface area contributed by atoms with Gasteiger partial charge in [0.25, 0.3) is 0 Å². The molecule has 5 aliphatic rings. The average molecular weight is 641 g/mol. The Morgan fingerprint density at radius 1 is 1.04 bits per heavy atom. The van der Waals surface area contributed by atoms with E-state index in [1.54, 1.807) is 6.92 Å². The van der Waals surface area contributed by atoms with Gasteiger partial charge in [-0.05, 0) is 73.4 Å². The first kappa shape index (κ1) is 35.9. The molecular formula is C33H56N2O10. The van der Waals surface area contributed by atoms with E-state index in [-0.39, 0.29) is 36.0 Å². The number of carbonyl (C=O) groups is 3. The van der Waals surface area contributed by atoms with E-state index in [9.17, 15) is 14.4 Å². The average Bonchev–Trinajstić information content (AvgIpc) is 3.26. The summed E-state index contributed by atoms with van der Waals surface area (Å²) in [6.07, 6.45) is -1.90. The summed E-state index contributed by atoms with van der Waals surface area (Å²) in [6.45, 7) is 18.2. The number of esters is 2. The number of hydrogen-bond acceptors (Lipinski definition) is 12. The second-order valence-electron chi connectivity index (χ2n) is 14.6. The monoisotopic (exact) mass is 640 g/mol. The number of rotatable bonds is 5. The van der Waals surface area contributed by atoms with Gasteiger partial charge in [0.15, 0.2) is 24.1 Å². The van der Waals surface area contributed by atoms with Gasteiger partial charge in [-0.25, -0.2) is 4.79 Å². The van der Waals surface area contributed by atoms with Crippen LogP contribution in [0.2, 0.25) is 0 Å². The quantitative estimate of drug-likeness (QED) is 0.317. The molecule has 5 saturated heterocycles. The van der Waals surface area contributed by atoms with E-state index in [2.05, 4.69) is 25.7 Å². The van der Waals surface area contributed by atoms with Gasteiger partial charge >= 0.3 is 18.1 Å². The summed E-state index contributed by atoms with van der Waals surface area (Å²) in [6, 6.07) is -0.00520. The summed E-state index contributed by atoms with van der Waals surface area (Å²) in [5.41, 5.74) is -1.87. The van der Waals surface area contributed by atoms with E-state index in [4.69, 9.17) is 33.2 Å². The highest BCUT2D eigenvalue weighted by Crippen LogP contribution is 2.42. The molecule has 0 aromatic carbocycles. The number of ether oxygens (including phenoxy) is 7. The van der Waals surface area contributed by atoms with Crippen molar-refractivity contribution >= 4 is 18.1 Å². The zero-order chi connectivity index (χ0) is 33.4. The van der Waals surface area contributed by atoms with Crippen LogP contribution in [-0.4, -0.2) is 115 Å². The molecule has 0 saturated carbocycles. The van der Waals surface area contributed by atoms with Crippen molar-refractivity contribution in [3.8, 4) is 0 Å². The number of fused-ring (bicyclic) bond motifs is 9. The molecule has 5 fully saturated rings. The van der Waals surface area contributed by atoms with E-state index in [1.807, 2.05) is 46.7 Å². The summed E-state index contributed by atoms with van der Waals surface area (Å²) >= 11 is 0. The van der Waals surface area contributed by atoms with Gasteiger partial charge < -0.3 is 38.1 Å². The van der Waals surface area contributed by atoms with Gasteiger partial charge in [0.05, 0.1) is 29.8 Å². The largest absolute Gasteiger partial charge is 0.509 e. The Labute approximate surface area is 268 Å². The summed E-state index contributed by atoms with van der Waals surface area (Å²) in [5, 5.41) is 0. The van der Waals surface area contributed by atoms with Crippen molar-refractivity contribution < 1.29 is 47.5 Å². The second-order valence-corrected chi connectivity index (χ2v) is 14.6. The molecule has 5 rings (SSSR count). The smallest absolute Gasteiger partial charge is 0.458 e. The summed E-state index contributed by atoms with van der Waals surface area (Å²) in [4.78, 5) is 42.6. The lowest BCUT2D eigenvalue weighted by atomic mass is 9.79. The Hall–Kier alpha value is -1.99. The minimum Gasteiger partial charge on any atom is -0.458 e. The number of nitrogens with zero attached hydrogens (tertiary/aromatic N) is 2. The van der Waals surface area contributed by atoms with Crippen LogP contribution < -0.4 is 0 Å². The van der Waals surface area contributed by atoms with Gasteiger partial charge in [0.1, 0.15) is 12.8 Å². The Morgan fingerprint density at radius 3 is 2.33 bits per heavy atom. The fourth-order valence-corrected chi connectivity index (χ4v) is 8.06. The first-order chi connectivity index (χ1) is 21.0. The lowest BCUT2D eigenvalue weighted by Gasteiger charge is -2.51. The highest BCUT2D eigenvalue weighted by atomic mass is 16.8. The highest BCUT2D eigenvalue weighted by molar-refractivity contribution is 5.72. The molecule has 0 N–H and O–H groups in total. The van der Waals surface area contributed by atoms with Crippen molar-refractivity contribution in [3.05, 3.63) is 0 Å². The predicted molar refractivity (Wildman–Crippen MR) is 164 cm³/mol. The van der Waals surface area contributed by atoms with Gasteiger partial charge in [-0.1, -0.05) is 27.7 Å². The van der Waals surface area contributed by atoms with Crippen LogP contribution in [0.15, 0.2) is 0 Å². The van der Waals surface area contributed by atoms with E-state index >= 15 is 0 Å². The van der Waals surface area contributed by atoms with Crippen LogP contribution in [-0.2, 0) is 42.7 Å². The predicted octanol–water partition coefficient (Wildman–Crippen LogP) is 4.12. The first-order valence-corrected chi connectivity index (χ1v) is 16.6. The summed E-state index contributed by atoms with van der Waals surface area (Å²) < 4.78 is 43.4. The molecule has 0 amide bonds. The molecule has 12 nitrogen and oxygen atoms in total. The fourth-order valence-electron chi connectivity index (χ4n) is 8.06. The maximum atomic E-state index is 13.6. The third kappa shape index (κ3) is 7.61. The Morgan fingerprint density at radius 2 is 1.73 bits per heavy atom. The number of likely N-dealkylation sites (N-methyl/N-ethyl adjacent to an activating group) is 1. The molecule has 45 heavy (non-hydrogen) atoms. The topological polar surface area (TPSA) is 122 Å². The fraction of sp³-hybridized carbons (Fsp3) is 0.909. The van der Waals surface area contributed by atoms with Gasteiger partial charge in [0.2, 0.25) is 0 Å². The molecule has 0 aliphatic carbocycles. The molecule has 2 bridgehead atoms. The van der Waals surface area contributed by atoms with Crippen LogP contribution in [0, 0.1) is 17.8 Å². The third-order valence-electron chi connectivity index (χ3n) is 10.4. The van der Waals surface area contributed by atoms with Gasteiger partial charge in [-0.15, -0.1) is 0 Å². The van der Waals surface area contributed by atoms with Crippen LogP contribution in [0.25, 0.3) is 0 Å². The molecular weight excluding hydrogens is 584 g/mol. The van der Waals surface area contributed by atoms with Crippen LogP contribution in [0.4, 0.5) is 4.79 Å². The molecule has 258 valence electrons. The van der Waals surface area contributed by atoms with E-state index in [0.29, 0.717) is 39.0 Å². The van der Waals surface area contributed by atoms with Crippen molar-refractivity contribution in [1.29, 1.82) is 0 Å². The molecule has 12 heteroatoms. The lowest BCUT2D eigenvalue weighted by Crippen LogP contribution is -2.62. The summed E-state index contributed by atoms with van der Waals surface area (Å²) in [5.74, 6) is -1.58. The zero-order valence-corrected chi connectivity index (χ0v) is 29.1. The van der Waals surface area contributed by atoms with Crippen LogP contribution in [0.3, 0.4) is 0 Å². The first-order valence-electron chi connectivity index (χ1n) is 16.6. The number of carbonyl (C=O) groups excluding carboxylic acids is 3. The van der Waals surface area contributed by atoms with Crippen LogP contribution >= 0.6 is 0 Å². The van der Waals surface area contributed by atoms with Crippen molar-refractivity contribution in [1.82, 2.24) is 9.80 Å². The molecule has 14 atom stereocenters. The van der Waals surface area contributed by atoms with Gasteiger partial charge in [0, 0.05) is 25.4 Å². The Balaban J connectivity index is 1.69. The maximum absolute atomic E-state index is 13.6. The third-order valence-corrected chi connectivity index (χ3v) is 10.4. The van der Waals surface area contributed by atoms with Crippen molar-refractivity contribution in [2.45, 2.75) is 148 Å². The van der Waals surface area contributed by atoms with Crippen molar-refractivity contribution in [2.24, 2.45) is 17.8 Å². The van der Waals surface area contributed by atoms with E-state index in [1.165, 1.54) is 6.92 Å². The maximum Gasteiger partial charge on any atom is 0.509 e. The van der Waals surface area contributed by atoms with Crippen molar-refractivity contribution in [3.63, 3.8) is 0 Å². The van der Waals surface area contributed by atoms with Crippen LogP contribution in [0.1, 0.15) is 88.0 Å². The lowest BCUT2D eigenvalue weighted by molar-refractivity contribution is -0.311. The Bertz CT molecular complexity index is 1070. The molecule has 0 aromatic heterocycles. The standard InChI is InChI=1S/C33H56N2O10/c1-12-25-33(9)28(44-31(38)45-33)20(4)16-35-17-39-32(8,15-21(35)5)27(18(2)13-19(3)29(37)42-25)43-30-26(41-23(7)36)24(34(10)11)14-22(6)40-30/h18-22,24-28,30H,12-17H2,1-11H3/t18-,19+,20-,21+,22+,24-,25+,26+,27+,28+,30-,32+,33+/m0/s1.